The third-order valence-corrected chi connectivity index (χ3v) is 9.01. The third-order valence-electron chi connectivity index (χ3n) is 7.99. The van der Waals surface area contributed by atoms with Gasteiger partial charge in [-0.25, -0.2) is 4.98 Å². The Labute approximate surface area is 266 Å². The van der Waals surface area contributed by atoms with E-state index in [1.807, 2.05) is 38.1 Å². The van der Waals surface area contributed by atoms with Crippen molar-refractivity contribution in [1.82, 2.24) is 4.98 Å². The molecule has 10 heteroatoms. The first-order chi connectivity index (χ1) is 21.8. The monoisotopic (exact) mass is 628 g/mol. The van der Waals surface area contributed by atoms with Gasteiger partial charge in [-0.2, -0.15) is 0 Å². The van der Waals surface area contributed by atoms with Gasteiger partial charge in [0.05, 0.1) is 42.2 Å². The fourth-order valence-corrected chi connectivity index (χ4v) is 6.83. The van der Waals surface area contributed by atoms with Gasteiger partial charge in [0.1, 0.15) is 23.4 Å². The largest absolute Gasteiger partial charge is 0.507 e. The maximum atomic E-state index is 13.8. The maximum Gasteiger partial charge on any atom is 0.301 e. The van der Waals surface area contributed by atoms with Crippen LogP contribution in [0.1, 0.15) is 62.8 Å². The molecule has 6 rings (SSSR count). The molecule has 1 N–H and O–H groups in total. The van der Waals surface area contributed by atoms with E-state index in [9.17, 15) is 14.7 Å². The number of ether oxygens (including phenoxy) is 4. The summed E-state index contributed by atoms with van der Waals surface area (Å²) in [7, 11) is 1.58. The molecule has 9 nitrogen and oxygen atoms in total. The summed E-state index contributed by atoms with van der Waals surface area (Å²) < 4.78 is 24.0. The molecule has 1 aromatic heterocycles. The highest BCUT2D eigenvalue weighted by molar-refractivity contribution is 7.22. The molecular weight excluding hydrogens is 592 g/mol. The zero-order valence-corrected chi connectivity index (χ0v) is 26.6. The molecule has 1 fully saturated rings. The number of carbonyl (C=O) groups excluding carboxylic acids is 2. The molecule has 0 spiro atoms. The molecule has 2 unspecified atom stereocenters. The summed E-state index contributed by atoms with van der Waals surface area (Å²) in [6, 6.07) is 15.2. The van der Waals surface area contributed by atoms with Crippen LogP contribution in [0.25, 0.3) is 16.0 Å². The molecule has 2 aliphatic heterocycles. The SMILES string of the molecule is CCCCCOc1ccc(C2/C(=C(/O)c3ccc4c(c3)CC(C)O4)C(=O)C(=O)N2c2nc3ccc(OC)cc3s2)cc1OCC. The molecule has 0 aliphatic carbocycles. The molecule has 0 saturated carbocycles. The van der Waals surface area contributed by atoms with Gasteiger partial charge in [-0.15, -0.1) is 0 Å². The predicted molar refractivity (Wildman–Crippen MR) is 174 cm³/mol. The summed E-state index contributed by atoms with van der Waals surface area (Å²) in [5.41, 5.74) is 2.58. The molecule has 2 atom stereocenters. The van der Waals surface area contributed by atoms with Crippen LogP contribution in [0.15, 0.2) is 60.2 Å². The van der Waals surface area contributed by atoms with Crippen molar-refractivity contribution in [3.8, 4) is 23.0 Å². The second-order valence-electron chi connectivity index (χ2n) is 11.1. The van der Waals surface area contributed by atoms with Crippen molar-refractivity contribution in [3.63, 3.8) is 0 Å². The molecule has 234 valence electrons. The van der Waals surface area contributed by atoms with E-state index in [-0.39, 0.29) is 17.4 Å². The lowest BCUT2D eigenvalue weighted by molar-refractivity contribution is -0.132. The van der Waals surface area contributed by atoms with Crippen LogP contribution in [0.5, 0.6) is 23.0 Å². The van der Waals surface area contributed by atoms with E-state index in [1.165, 1.54) is 16.2 Å². The minimum atomic E-state index is -0.968. The van der Waals surface area contributed by atoms with E-state index in [2.05, 4.69) is 6.92 Å². The number of anilines is 1. The summed E-state index contributed by atoms with van der Waals surface area (Å²) in [6.45, 7) is 6.93. The number of nitrogens with zero attached hydrogens (tertiary/aromatic N) is 2. The number of fused-ring (bicyclic) bond motifs is 2. The number of rotatable bonds is 11. The normalized spacial score (nSPS) is 18.7. The van der Waals surface area contributed by atoms with Crippen LogP contribution < -0.4 is 23.8 Å². The number of Topliss-reactive ketones (excluding diaryl/α,β-unsaturated/α-hetero) is 1. The van der Waals surface area contributed by atoms with Gasteiger partial charge in [-0.05, 0) is 79.9 Å². The molecule has 45 heavy (non-hydrogen) atoms. The van der Waals surface area contributed by atoms with E-state index in [0.29, 0.717) is 58.7 Å². The Bertz CT molecular complexity index is 1800. The van der Waals surface area contributed by atoms with Crippen LogP contribution in [0.4, 0.5) is 5.13 Å². The minimum Gasteiger partial charge on any atom is -0.507 e. The summed E-state index contributed by atoms with van der Waals surface area (Å²) >= 11 is 1.27. The highest BCUT2D eigenvalue weighted by atomic mass is 32.1. The Morgan fingerprint density at radius 3 is 2.67 bits per heavy atom. The Hall–Kier alpha value is -4.57. The number of benzene rings is 3. The lowest BCUT2D eigenvalue weighted by Gasteiger charge is -2.24. The van der Waals surface area contributed by atoms with Crippen molar-refractivity contribution in [3.05, 3.63) is 76.9 Å². The second kappa shape index (κ2) is 12.8. The second-order valence-corrected chi connectivity index (χ2v) is 12.2. The first-order valence-electron chi connectivity index (χ1n) is 15.3. The van der Waals surface area contributed by atoms with Crippen LogP contribution in [0.2, 0.25) is 0 Å². The maximum absolute atomic E-state index is 13.8. The van der Waals surface area contributed by atoms with Gasteiger partial charge in [-0.1, -0.05) is 37.2 Å². The van der Waals surface area contributed by atoms with E-state index < -0.39 is 17.7 Å². The highest BCUT2D eigenvalue weighted by Gasteiger charge is 2.48. The van der Waals surface area contributed by atoms with Crippen LogP contribution >= 0.6 is 11.3 Å². The molecule has 1 saturated heterocycles. The molecule has 3 heterocycles. The molecule has 2 aliphatic rings. The van der Waals surface area contributed by atoms with Crippen molar-refractivity contribution in [1.29, 1.82) is 0 Å². The van der Waals surface area contributed by atoms with Crippen molar-refractivity contribution < 1.29 is 33.6 Å². The van der Waals surface area contributed by atoms with Gasteiger partial charge >= 0.3 is 5.91 Å². The number of aliphatic hydroxyl groups is 1. The van der Waals surface area contributed by atoms with Gasteiger partial charge in [0, 0.05) is 12.0 Å². The number of methoxy groups -OCH3 is 1. The number of carbonyl (C=O) groups is 2. The van der Waals surface area contributed by atoms with Gasteiger partial charge in [0.15, 0.2) is 16.6 Å². The third kappa shape index (κ3) is 5.82. The number of amides is 1. The summed E-state index contributed by atoms with van der Waals surface area (Å²) in [5, 5.41) is 12.1. The van der Waals surface area contributed by atoms with Gasteiger partial charge in [0.25, 0.3) is 5.78 Å². The van der Waals surface area contributed by atoms with Gasteiger partial charge in [-0.3, -0.25) is 14.5 Å². The Morgan fingerprint density at radius 2 is 1.89 bits per heavy atom. The minimum absolute atomic E-state index is 0.0142. The summed E-state index contributed by atoms with van der Waals surface area (Å²) in [4.78, 5) is 33.8. The first kappa shape index (κ1) is 30.5. The Morgan fingerprint density at radius 1 is 1.04 bits per heavy atom. The molecule has 3 aromatic carbocycles. The van der Waals surface area contributed by atoms with Crippen molar-refractivity contribution in [2.75, 3.05) is 25.2 Å². The molecule has 0 bridgehead atoms. The Kier molecular flexibility index (Phi) is 8.67. The van der Waals surface area contributed by atoms with Crippen molar-refractivity contribution in [2.24, 2.45) is 0 Å². The molecule has 0 radical (unpaired) electrons. The molecular formula is C35H36N2O7S. The number of aromatic nitrogens is 1. The smallest absolute Gasteiger partial charge is 0.301 e. The van der Waals surface area contributed by atoms with Gasteiger partial charge in [0.2, 0.25) is 0 Å². The van der Waals surface area contributed by atoms with Crippen LogP contribution in [0, 0.1) is 0 Å². The van der Waals surface area contributed by atoms with E-state index in [4.69, 9.17) is 23.9 Å². The first-order valence-corrected chi connectivity index (χ1v) is 16.1. The predicted octanol–water partition coefficient (Wildman–Crippen LogP) is 7.22. The number of hydrogen-bond acceptors (Lipinski definition) is 9. The van der Waals surface area contributed by atoms with Crippen LogP contribution in [-0.2, 0) is 16.0 Å². The lowest BCUT2D eigenvalue weighted by atomic mass is 9.94. The van der Waals surface area contributed by atoms with E-state index in [0.717, 1.165) is 35.3 Å². The van der Waals surface area contributed by atoms with Crippen molar-refractivity contribution >= 4 is 44.1 Å². The molecule has 1 amide bonds. The van der Waals surface area contributed by atoms with Crippen LogP contribution in [0.3, 0.4) is 0 Å². The number of unbranched alkanes of at least 4 members (excludes halogenated alkanes) is 2. The standard InChI is InChI=1S/C35H36N2O7S/c1-5-7-8-15-43-27-14-9-21(18-28(27)42-6-2)31-30(32(38)22-10-13-26-23(17-22)16-20(3)44-26)33(39)34(40)37(31)35-36-25-12-11-24(41-4)19-29(25)45-35/h9-14,17-20,31,38H,5-8,15-16H2,1-4H3/b32-30-. The van der Waals surface area contributed by atoms with Crippen molar-refractivity contribution in [2.45, 2.75) is 58.6 Å². The van der Waals surface area contributed by atoms with E-state index >= 15 is 0 Å². The average molecular weight is 629 g/mol. The Balaban J connectivity index is 1.49. The summed E-state index contributed by atoms with van der Waals surface area (Å²) in [6.07, 6.45) is 3.74. The topological polar surface area (TPSA) is 107 Å². The number of aliphatic hydroxyl groups excluding tert-OH is 1. The average Bonchev–Trinajstić information content (AvgIpc) is 3.71. The fraction of sp³-hybridized carbons (Fsp3) is 0.343. The number of ketones is 1. The van der Waals surface area contributed by atoms with E-state index in [1.54, 1.807) is 37.4 Å². The molecule has 4 aromatic rings. The number of hydrogen-bond donors (Lipinski definition) is 1. The van der Waals surface area contributed by atoms with Crippen LogP contribution in [-0.4, -0.2) is 48.2 Å². The highest BCUT2D eigenvalue weighted by Crippen LogP contribution is 2.46. The van der Waals surface area contributed by atoms with Gasteiger partial charge < -0.3 is 24.1 Å². The lowest BCUT2D eigenvalue weighted by Crippen LogP contribution is -2.29. The zero-order chi connectivity index (χ0) is 31.7. The zero-order valence-electron chi connectivity index (χ0n) is 25.8. The summed E-state index contributed by atoms with van der Waals surface area (Å²) in [5.74, 6) is 0.645. The number of thiazole rings is 1. The fourth-order valence-electron chi connectivity index (χ4n) is 5.81. The quantitative estimate of drug-likeness (QED) is 0.0803.